The predicted octanol–water partition coefficient (Wildman–Crippen LogP) is 2.47. The summed E-state index contributed by atoms with van der Waals surface area (Å²) in [5, 5.41) is 0. The lowest BCUT2D eigenvalue weighted by Gasteiger charge is -2.09. The molecular weight excluding hydrogens is 202 g/mol. The molecule has 2 aromatic rings. The Morgan fingerprint density at radius 3 is 2.69 bits per heavy atom. The molecule has 2 rings (SSSR count). The summed E-state index contributed by atoms with van der Waals surface area (Å²) in [6.07, 6.45) is 1.66. The second-order valence-electron chi connectivity index (χ2n) is 3.58. The molecule has 0 aliphatic carbocycles. The zero-order valence-electron chi connectivity index (χ0n) is 9.27. The molecule has 2 N–H and O–H groups in total. The van der Waals surface area contributed by atoms with Crippen molar-refractivity contribution >= 4 is 5.69 Å². The second kappa shape index (κ2) is 4.18. The maximum Gasteiger partial charge on any atom is 0.322 e. The van der Waals surface area contributed by atoms with Crippen LogP contribution in [0.5, 0.6) is 11.8 Å². The Hall–Kier alpha value is -2.10. The topological polar surface area (TPSA) is 61.0 Å². The highest BCUT2D eigenvalue weighted by Gasteiger charge is 2.07. The standard InChI is InChI=1S/C12H13N3O/c1-8-4-3-5-10(13)11(8)16-12-14-7-6-9(2)15-12/h3-7H,13H2,1-2H3. The van der Waals surface area contributed by atoms with E-state index in [1.54, 1.807) is 12.3 Å². The number of nitrogens with two attached hydrogens (primary N) is 1. The molecule has 1 aromatic heterocycles. The lowest BCUT2D eigenvalue weighted by atomic mass is 10.2. The highest BCUT2D eigenvalue weighted by molar-refractivity contribution is 5.57. The van der Waals surface area contributed by atoms with Crippen LogP contribution in [-0.4, -0.2) is 9.97 Å². The Kier molecular flexibility index (Phi) is 2.72. The summed E-state index contributed by atoms with van der Waals surface area (Å²) in [7, 11) is 0. The Balaban J connectivity index is 2.34. The Bertz CT molecular complexity index is 491. The highest BCUT2D eigenvalue weighted by atomic mass is 16.5. The van der Waals surface area contributed by atoms with Crippen LogP contribution in [0.2, 0.25) is 0 Å². The molecule has 0 atom stereocenters. The van der Waals surface area contributed by atoms with Crippen LogP contribution in [0, 0.1) is 13.8 Å². The Labute approximate surface area is 94.1 Å². The van der Waals surface area contributed by atoms with Crippen molar-refractivity contribution < 1.29 is 4.74 Å². The first-order valence-electron chi connectivity index (χ1n) is 4.99. The number of benzene rings is 1. The van der Waals surface area contributed by atoms with Crippen LogP contribution < -0.4 is 10.5 Å². The number of anilines is 1. The third-order valence-electron chi connectivity index (χ3n) is 2.21. The molecule has 0 aliphatic rings. The summed E-state index contributed by atoms with van der Waals surface area (Å²) >= 11 is 0. The average Bonchev–Trinajstić information content (AvgIpc) is 2.24. The summed E-state index contributed by atoms with van der Waals surface area (Å²) in [4.78, 5) is 8.19. The zero-order chi connectivity index (χ0) is 11.5. The first kappa shape index (κ1) is 10.4. The number of para-hydroxylation sites is 1. The third-order valence-corrected chi connectivity index (χ3v) is 2.21. The minimum atomic E-state index is 0.320. The van der Waals surface area contributed by atoms with Gasteiger partial charge in [0.2, 0.25) is 0 Å². The molecule has 0 unspecified atom stereocenters. The first-order chi connectivity index (χ1) is 7.66. The summed E-state index contributed by atoms with van der Waals surface area (Å²) in [6, 6.07) is 7.74. The molecule has 0 fully saturated rings. The van der Waals surface area contributed by atoms with Gasteiger partial charge in [0.25, 0.3) is 0 Å². The van der Waals surface area contributed by atoms with E-state index >= 15 is 0 Å². The van der Waals surface area contributed by atoms with Gasteiger partial charge in [-0.1, -0.05) is 12.1 Å². The molecule has 0 spiro atoms. The number of rotatable bonds is 2. The molecule has 0 bridgehead atoms. The van der Waals surface area contributed by atoms with Gasteiger partial charge in [-0.15, -0.1) is 0 Å². The van der Waals surface area contributed by atoms with Crippen molar-refractivity contribution in [2.45, 2.75) is 13.8 Å². The van der Waals surface area contributed by atoms with Crippen molar-refractivity contribution in [3.63, 3.8) is 0 Å². The van der Waals surface area contributed by atoms with E-state index < -0.39 is 0 Å². The third kappa shape index (κ3) is 2.11. The van der Waals surface area contributed by atoms with Crippen molar-refractivity contribution in [3.8, 4) is 11.8 Å². The predicted molar refractivity (Wildman–Crippen MR) is 62.4 cm³/mol. The number of aryl methyl sites for hydroxylation is 2. The quantitative estimate of drug-likeness (QED) is 0.782. The number of ether oxygens (including phenoxy) is 1. The van der Waals surface area contributed by atoms with Crippen molar-refractivity contribution in [1.82, 2.24) is 9.97 Å². The largest absolute Gasteiger partial charge is 0.422 e. The zero-order valence-corrected chi connectivity index (χ0v) is 9.27. The lowest BCUT2D eigenvalue weighted by Crippen LogP contribution is -1.98. The maximum atomic E-state index is 5.83. The fraction of sp³-hybridized carbons (Fsp3) is 0.167. The Morgan fingerprint density at radius 2 is 2.00 bits per heavy atom. The van der Waals surface area contributed by atoms with Gasteiger partial charge in [0, 0.05) is 11.9 Å². The fourth-order valence-electron chi connectivity index (χ4n) is 1.38. The molecule has 0 saturated carbocycles. The van der Waals surface area contributed by atoms with Gasteiger partial charge in [-0.3, -0.25) is 0 Å². The van der Waals surface area contributed by atoms with E-state index in [1.807, 2.05) is 32.0 Å². The summed E-state index contributed by atoms with van der Waals surface area (Å²) < 4.78 is 5.57. The first-order valence-corrected chi connectivity index (χ1v) is 4.99. The number of nitrogen functional groups attached to an aromatic ring is 1. The van der Waals surface area contributed by atoms with Crippen molar-refractivity contribution in [3.05, 3.63) is 41.7 Å². The number of aromatic nitrogens is 2. The molecule has 1 heterocycles. The summed E-state index contributed by atoms with van der Waals surface area (Å²) in [5.41, 5.74) is 8.24. The van der Waals surface area contributed by atoms with Gasteiger partial charge in [-0.2, -0.15) is 0 Å². The smallest absolute Gasteiger partial charge is 0.322 e. The van der Waals surface area contributed by atoms with Gasteiger partial charge >= 0.3 is 6.01 Å². The van der Waals surface area contributed by atoms with Gasteiger partial charge in [-0.05, 0) is 31.5 Å². The van der Waals surface area contributed by atoms with Crippen LogP contribution in [0.15, 0.2) is 30.5 Å². The normalized spacial score (nSPS) is 10.1. The van der Waals surface area contributed by atoms with Crippen LogP contribution in [0.1, 0.15) is 11.3 Å². The number of nitrogens with zero attached hydrogens (tertiary/aromatic N) is 2. The molecule has 16 heavy (non-hydrogen) atoms. The molecule has 1 aromatic carbocycles. The van der Waals surface area contributed by atoms with Gasteiger partial charge in [0.05, 0.1) is 5.69 Å². The molecule has 0 aliphatic heterocycles. The van der Waals surface area contributed by atoms with E-state index in [0.29, 0.717) is 17.4 Å². The van der Waals surface area contributed by atoms with Gasteiger partial charge < -0.3 is 10.5 Å². The molecule has 0 saturated heterocycles. The second-order valence-corrected chi connectivity index (χ2v) is 3.58. The van der Waals surface area contributed by atoms with E-state index in [0.717, 1.165) is 11.3 Å². The molecule has 4 nitrogen and oxygen atoms in total. The monoisotopic (exact) mass is 215 g/mol. The number of hydrogen-bond acceptors (Lipinski definition) is 4. The fourth-order valence-corrected chi connectivity index (χ4v) is 1.38. The number of hydrogen-bond donors (Lipinski definition) is 1. The van der Waals surface area contributed by atoms with Crippen LogP contribution in [0.3, 0.4) is 0 Å². The lowest BCUT2D eigenvalue weighted by molar-refractivity contribution is 0.439. The average molecular weight is 215 g/mol. The van der Waals surface area contributed by atoms with E-state index in [4.69, 9.17) is 10.5 Å². The highest BCUT2D eigenvalue weighted by Crippen LogP contribution is 2.28. The minimum Gasteiger partial charge on any atom is -0.422 e. The van der Waals surface area contributed by atoms with E-state index in [1.165, 1.54) is 0 Å². The summed E-state index contributed by atoms with van der Waals surface area (Å²) in [6.45, 7) is 3.82. The molecule has 0 amide bonds. The van der Waals surface area contributed by atoms with Crippen LogP contribution in [-0.2, 0) is 0 Å². The van der Waals surface area contributed by atoms with Crippen molar-refractivity contribution in [2.24, 2.45) is 0 Å². The minimum absolute atomic E-state index is 0.320. The molecular formula is C12H13N3O. The van der Waals surface area contributed by atoms with Gasteiger partial charge in [0.15, 0.2) is 5.75 Å². The summed E-state index contributed by atoms with van der Waals surface area (Å²) in [5.74, 6) is 0.619. The van der Waals surface area contributed by atoms with Crippen LogP contribution in [0.4, 0.5) is 5.69 Å². The Morgan fingerprint density at radius 1 is 1.19 bits per heavy atom. The van der Waals surface area contributed by atoms with Crippen LogP contribution in [0.25, 0.3) is 0 Å². The molecule has 82 valence electrons. The maximum absolute atomic E-state index is 5.83. The molecule has 4 heteroatoms. The molecule has 0 radical (unpaired) electrons. The van der Waals surface area contributed by atoms with E-state index in [9.17, 15) is 0 Å². The van der Waals surface area contributed by atoms with Crippen LogP contribution >= 0.6 is 0 Å². The van der Waals surface area contributed by atoms with E-state index in [-0.39, 0.29) is 0 Å². The van der Waals surface area contributed by atoms with Crippen molar-refractivity contribution in [1.29, 1.82) is 0 Å². The van der Waals surface area contributed by atoms with Crippen molar-refractivity contribution in [2.75, 3.05) is 5.73 Å². The SMILES string of the molecule is Cc1ccnc(Oc2c(C)cccc2N)n1. The van der Waals surface area contributed by atoms with E-state index in [2.05, 4.69) is 9.97 Å². The van der Waals surface area contributed by atoms with Gasteiger partial charge in [-0.25, -0.2) is 9.97 Å². The van der Waals surface area contributed by atoms with Gasteiger partial charge in [0.1, 0.15) is 0 Å².